The normalized spacial score (nSPS) is 14.7. The van der Waals surface area contributed by atoms with Gasteiger partial charge in [0.1, 0.15) is 5.82 Å². The molecule has 0 atom stereocenters. The minimum atomic E-state index is -1.82. The fourth-order valence-electron chi connectivity index (χ4n) is 3.14. The first-order chi connectivity index (χ1) is 13.9. The lowest BCUT2D eigenvalue weighted by atomic mass is 10.1. The van der Waals surface area contributed by atoms with Crippen LogP contribution in [0.2, 0.25) is 0 Å². The third-order valence-corrected chi connectivity index (χ3v) is 4.78. The van der Waals surface area contributed by atoms with Gasteiger partial charge >= 0.3 is 11.9 Å². The molecule has 0 aliphatic carbocycles. The molecule has 1 heterocycles. The van der Waals surface area contributed by atoms with Gasteiger partial charge in [-0.2, -0.15) is 0 Å². The number of hydrogen-bond acceptors (Lipinski definition) is 4. The Morgan fingerprint density at radius 3 is 1.76 bits per heavy atom. The summed E-state index contributed by atoms with van der Waals surface area (Å²) in [5.41, 5.74) is 3.85. The van der Waals surface area contributed by atoms with Crippen LogP contribution in [-0.2, 0) is 29.1 Å². The van der Waals surface area contributed by atoms with E-state index in [4.69, 9.17) is 19.8 Å². The summed E-state index contributed by atoms with van der Waals surface area (Å²) < 4.78 is 13.3. The monoisotopic (exact) mass is 402 g/mol. The maximum absolute atomic E-state index is 13.3. The number of aryl methyl sites for hydroxylation is 1. The first-order valence-corrected chi connectivity index (χ1v) is 9.60. The lowest BCUT2D eigenvalue weighted by Crippen LogP contribution is -2.45. The number of aliphatic carboxylic acids is 2. The fourth-order valence-corrected chi connectivity index (χ4v) is 3.14. The Morgan fingerprint density at radius 2 is 1.31 bits per heavy atom. The quantitative estimate of drug-likeness (QED) is 0.749. The standard InChI is InChI=1S/C20H25FN2.C2H2O4/c1-2-17-6-8-18(9-7-17)15-22-10-12-23(13-11-22)16-19-4-3-5-20(21)14-19;3-1(4)2(5)6/h3-9,14H,2,10-13,15-16H2,1H3;(H,3,4)(H,5,6). The zero-order valence-electron chi connectivity index (χ0n) is 16.6. The topological polar surface area (TPSA) is 81.1 Å². The predicted molar refractivity (Wildman–Crippen MR) is 108 cm³/mol. The molecule has 2 aromatic carbocycles. The Kier molecular flexibility index (Phi) is 8.76. The van der Waals surface area contributed by atoms with Crippen molar-refractivity contribution < 1.29 is 24.2 Å². The molecule has 1 saturated heterocycles. The van der Waals surface area contributed by atoms with Crippen LogP contribution in [0.5, 0.6) is 0 Å². The molecule has 0 spiro atoms. The summed E-state index contributed by atoms with van der Waals surface area (Å²) in [4.78, 5) is 23.1. The molecule has 0 amide bonds. The highest BCUT2D eigenvalue weighted by Gasteiger charge is 2.17. The highest BCUT2D eigenvalue weighted by molar-refractivity contribution is 6.27. The maximum atomic E-state index is 13.3. The van der Waals surface area contributed by atoms with E-state index in [1.807, 2.05) is 6.07 Å². The largest absolute Gasteiger partial charge is 0.473 e. The van der Waals surface area contributed by atoms with Crippen LogP contribution in [0.25, 0.3) is 0 Å². The molecule has 6 nitrogen and oxygen atoms in total. The molecule has 2 aromatic rings. The van der Waals surface area contributed by atoms with Crippen LogP contribution in [0, 0.1) is 5.82 Å². The Bertz CT molecular complexity index is 791. The van der Waals surface area contributed by atoms with Crippen molar-refractivity contribution in [2.45, 2.75) is 26.4 Å². The van der Waals surface area contributed by atoms with Gasteiger partial charge in [0.05, 0.1) is 0 Å². The van der Waals surface area contributed by atoms with E-state index < -0.39 is 11.9 Å². The van der Waals surface area contributed by atoms with Gasteiger partial charge in [0, 0.05) is 39.3 Å². The molecular weight excluding hydrogens is 375 g/mol. The number of benzene rings is 2. The summed E-state index contributed by atoms with van der Waals surface area (Å²) in [7, 11) is 0. The molecule has 29 heavy (non-hydrogen) atoms. The molecule has 0 bridgehead atoms. The molecule has 1 aliphatic rings. The molecule has 156 valence electrons. The van der Waals surface area contributed by atoms with Gasteiger partial charge in [0.25, 0.3) is 0 Å². The SMILES string of the molecule is CCc1ccc(CN2CCN(Cc3cccc(F)c3)CC2)cc1.O=C(O)C(=O)O. The molecule has 0 saturated carbocycles. The van der Waals surface area contributed by atoms with Crippen molar-refractivity contribution >= 4 is 11.9 Å². The average molecular weight is 402 g/mol. The number of rotatable bonds is 5. The van der Waals surface area contributed by atoms with Gasteiger partial charge in [0.2, 0.25) is 0 Å². The van der Waals surface area contributed by atoms with E-state index in [1.54, 1.807) is 12.1 Å². The van der Waals surface area contributed by atoms with Crippen LogP contribution in [0.4, 0.5) is 4.39 Å². The van der Waals surface area contributed by atoms with Crippen molar-refractivity contribution in [1.82, 2.24) is 9.80 Å². The van der Waals surface area contributed by atoms with Gasteiger partial charge in [-0.25, -0.2) is 14.0 Å². The van der Waals surface area contributed by atoms with Crippen molar-refractivity contribution in [2.24, 2.45) is 0 Å². The van der Waals surface area contributed by atoms with Crippen molar-refractivity contribution in [1.29, 1.82) is 0 Å². The first-order valence-electron chi connectivity index (χ1n) is 9.60. The van der Waals surface area contributed by atoms with E-state index in [2.05, 4.69) is 41.0 Å². The van der Waals surface area contributed by atoms with Crippen molar-refractivity contribution in [2.75, 3.05) is 26.2 Å². The third-order valence-electron chi connectivity index (χ3n) is 4.78. The second-order valence-corrected chi connectivity index (χ2v) is 6.96. The highest BCUT2D eigenvalue weighted by Crippen LogP contribution is 2.13. The van der Waals surface area contributed by atoms with E-state index in [0.717, 1.165) is 51.3 Å². The van der Waals surface area contributed by atoms with Gasteiger partial charge in [-0.15, -0.1) is 0 Å². The summed E-state index contributed by atoms with van der Waals surface area (Å²) in [6.45, 7) is 8.30. The minimum absolute atomic E-state index is 0.142. The summed E-state index contributed by atoms with van der Waals surface area (Å²) in [5.74, 6) is -3.79. The van der Waals surface area contributed by atoms with Crippen LogP contribution >= 0.6 is 0 Å². The van der Waals surface area contributed by atoms with Gasteiger partial charge < -0.3 is 10.2 Å². The molecule has 0 radical (unpaired) electrons. The zero-order valence-corrected chi connectivity index (χ0v) is 16.6. The molecule has 2 N–H and O–H groups in total. The first kappa shape index (κ1) is 22.5. The van der Waals surface area contributed by atoms with E-state index in [0.29, 0.717) is 0 Å². The molecule has 3 rings (SSSR count). The average Bonchev–Trinajstić information content (AvgIpc) is 2.70. The molecular formula is C22H27FN2O4. The van der Waals surface area contributed by atoms with E-state index in [9.17, 15) is 4.39 Å². The lowest BCUT2D eigenvalue weighted by molar-refractivity contribution is -0.159. The van der Waals surface area contributed by atoms with Crippen LogP contribution < -0.4 is 0 Å². The fraction of sp³-hybridized carbons (Fsp3) is 0.364. The van der Waals surface area contributed by atoms with Gasteiger partial charge in [-0.1, -0.05) is 43.3 Å². The Hall–Kier alpha value is -2.77. The van der Waals surface area contributed by atoms with Crippen LogP contribution in [0.3, 0.4) is 0 Å². The van der Waals surface area contributed by atoms with Crippen molar-refractivity contribution in [3.05, 3.63) is 71.0 Å². The van der Waals surface area contributed by atoms with Crippen LogP contribution in [0.1, 0.15) is 23.6 Å². The molecule has 7 heteroatoms. The summed E-state index contributed by atoms with van der Waals surface area (Å²) in [6, 6.07) is 15.9. The second kappa shape index (κ2) is 11.3. The number of carboxylic acids is 2. The van der Waals surface area contributed by atoms with Gasteiger partial charge in [-0.05, 0) is 35.2 Å². The third kappa shape index (κ3) is 8.01. The van der Waals surface area contributed by atoms with Crippen molar-refractivity contribution in [3.8, 4) is 0 Å². The molecule has 0 unspecified atom stereocenters. The number of hydrogen-bond donors (Lipinski definition) is 2. The number of carboxylic acid groups (broad SMARTS) is 2. The molecule has 1 fully saturated rings. The summed E-state index contributed by atoms with van der Waals surface area (Å²) in [6.07, 6.45) is 1.10. The van der Waals surface area contributed by atoms with Crippen LogP contribution in [-0.4, -0.2) is 58.1 Å². The molecule has 0 aromatic heterocycles. The molecule has 1 aliphatic heterocycles. The second-order valence-electron chi connectivity index (χ2n) is 6.96. The van der Waals surface area contributed by atoms with Gasteiger partial charge in [0.15, 0.2) is 0 Å². The van der Waals surface area contributed by atoms with Crippen molar-refractivity contribution in [3.63, 3.8) is 0 Å². The van der Waals surface area contributed by atoms with Crippen LogP contribution in [0.15, 0.2) is 48.5 Å². The number of carbonyl (C=O) groups is 2. The van der Waals surface area contributed by atoms with E-state index in [-0.39, 0.29) is 5.82 Å². The number of piperazine rings is 1. The zero-order chi connectivity index (χ0) is 21.2. The highest BCUT2D eigenvalue weighted by atomic mass is 19.1. The van der Waals surface area contributed by atoms with Gasteiger partial charge in [-0.3, -0.25) is 9.80 Å². The summed E-state index contributed by atoms with van der Waals surface area (Å²) in [5, 5.41) is 14.8. The predicted octanol–water partition coefficient (Wildman–Crippen LogP) is 2.86. The maximum Gasteiger partial charge on any atom is 0.414 e. The lowest BCUT2D eigenvalue weighted by Gasteiger charge is -2.34. The number of halogens is 1. The number of nitrogens with zero attached hydrogens (tertiary/aromatic N) is 2. The Balaban J connectivity index is 0.000000438. The Labute approximate surface area is 170 Å². The van der Waals surface area contributed by atoms with E-state index in [1.165, 1.54) is 17.2 Å². The smallest absolute Gasteiger partial charge is 0.414 e. The summed E-state index contributed by atoms with van der Waals surface area (Å²) >= 11 is 0. The Morgan fingerprint density at radius 1 is 0.828 bits per heavy atom. The minimum Gasteiger partial charge on any atom is -0.473 e. The van der Waals surface area contributed by atoms with E-state index >= 15 is 0 Å².